The molecule has 0 amide bonds. The van der Waals surface area contributed by atoms with E-state index in [1.807, 2.05) is 54.6 Å². The number of carbonyl (C=O) groups excluding carboxylic acids is 3. The highest BCUT2D eigenvalue weighted by atomic mass is 16.6. The molecule has 126 valence electrons. The molecule has 1 aliphatic carbocycles. The molecule has 4 rings (SSSR count). The molecule has 2 aromatic carbocycles. The molecule has 25 heavy (non-hydrogen) atoms. The number of hydrogen-bond donors (Lipinski definition) is 0. The van der Waals surface area contributed by atoms with E-state index in [2.05, 4.69) is 0 Å². The van der Waals surface area contributed by atoms with Crippen molar-refractivity contribution in [3.05, 3.63) is 71.3 Å². The van der Waals surface area contributed by atoms with Crippen molar-refractivity contribution < 1.29 is 23.9 Å². The average Bonchev–Trinajstić information content (AvgIpc) is 2.95. The Morgan fingerprint density at radius 3 is 2.12 bits per heavy atom. The van der Waals surface area contributed by atoms with Gasteiger partial charge in [0.1, 0.15) is 0 Å². The van der Waals surface area contributed by atoms with Crippen molar-refractivity contribution >= 4 is 17.9 Å². The lowest BCUT2D eigenvalue weighted by molar-refractivity contribution is -0.158. The van der Waals surface area contributed by atoms with Crippen molar-refractivity contribution in [3.8, 4) is 0 Å². The fraction of sp³-hybridized carbons (Fsp3) is 0.250. The van der Waals surface area contributed by atoms with Gasteiger partial charge in [0.25, 0.3) is 0 Å². The molecule has 1 heterocycles. The van der Waals surface area contributed by atoms with E-state index in [1.165, 1.54) is 7.11 Å². The Morgan fingerprint density at radius 2 is 1.48 bits per heavy atom. The van der Waals surface area contributed by atoms with Crippen LogP contribution in [0.4, 0.5) is 0 Å². The quantitative estimate of drug-likeness (QED) is 0.622. The van der Waals surface area contributed by atoms with Crippen LogP contribution in [0.25, 0.3) is 0 Å². The smallest absolute Gasteiger partial charge is 0.321 e. The van der Waals surface area contributed by atoms with Crippen LogP contribution >= 0.6 is 0 Å². The first kappa shape index (κ1) is 15.6. The summed E-state index contributed by atoms with van der Waals surface area (Å²) in [5, 5.41) is 0. The zero-order valence-corrected chi connectivity index (χ0v) is 13.5. The second-order valence-corrected chi connectivity index (χ2v) is 6.31. The molecule has 0 N–H and O–H groups in total. The first-order chi connectivity index (χ1) is 12.1. The summed E-state index contributed by atoms with van der Waals surface area (Å²) in [7, 11) is 1.29. The molecule has 0 unspecified atom stereocenters. The van der Waals surface area contributed by atoms with E-state index in [0.29, 0.717) is 0 Å². The first-order valence-electron chi connectivity index (χ1n) is 8.10. The van der Waals surface area contributed by atoms with Crippen molar-refractivity contribution in [2.75, 3.05) is 7.11 Å². The van der Waals surface area contributed by atoms with Gasteiger partial charge in [-0.3, -0.25) is 14.4 Å². The number of fused-ring (bicyclic) bond motifs is 3. The van der Waals surface area contributed by atoms with E-state index >= 15 is 0 Å². The van der Waals surface area contributed by atoms with Gasteiger partial charge in [0.05, 0.1) is 24.9 Å². The Kier molecular flexibility index (Phi) is 3.64. The van der Waals surface area contributed by atoms with Gasteiger partial charge in [-0.2, -0.15) is 0 Å². The number of benzene rings is 2. The van der Waals surface area contributed by atoms with Gasteiger partial charge in [-0.25, -0.2) is 0 Å². The number of hydrogen-bond acceptors (Lipinski definition) is 5. The Labute approximate surface area is 144 Å². The third-order valence-electron chi connectivity index (χ3n) is 5.13. The zero-order chi connectivity index (χ0) is 17.6. The molecule has 1 saturated heterocycles. The number of cyclic esters (lactones) is 2. The number of rotatable bonds is 2. The summed E-state index contributed by atoms with van der Waals surface area (Å²) in [6, 6.07) is 16.9. The van der Waals surface area contributed by atoms with E-state index < -0.39 is 35.7 Å². The van der Waals surface area contributed by atoms with E-state index in [-0.39, 0.29) is 5.92 Å². The van der Waals surface area contributed by atoms with E-state index in [0.717, 1.165) is 16.7 Å². The summed E-state index contributed by atoms with van der Waals surface area (Å²) in [5.74, 6) is -4.54. The van der Waals surface area contributed by atoms with Gasteiger partial charge in [-0.1, -0.05) is 54.6 Å². The Balaban J connectivity index is 1.98. The van der Waals surface area contributed by atoms with E-state index in [1.54, 1.807) is 0 Å². The van der Waals surface area contributed by atoms with Crippen molar-refractivity contribution in [2.24, 2.45) is 11.8 Å². The molecular weight excluding hydrogens is 320 g/mol. The van der Waals surface area contributed by atoms with E-state index in [9.17, 15) is 14.4 Å². The highest BCUT2D eigenvalue weighted by molar-refractivity contribution is 6.03. The van der Waals surface area contributed by atoms with Gasteiger partial charge < -0.3 is 9.47 Å². The summed E-state index contributed by atoms with van der Waals surface area (Å²) < 4.78 is 9.88. The van der Waals surface area contributed by atoms with Crippen molar-refractivity contribution in [3.63, 3.8) is 0 Å². The largest absolute Gasteiger partial charge is 0.469 e. The molecule has 0 spiro atoms. The van der Waals surface area contributed by atoms with Gasteiger partial charge in [-0.15, -0.1) is 0 Å². The molecule has 5 heteroatoms. The van der Waals surface area contributed by atoms with Crippen LogP contribution in [0.2, 0.25) is 0 Å². The highest BCUT2D eigenvalue weighted by Gasteiger charge is 2.58. The Morgan fingerprint density at radius 1 is 0.880 bits per heavy atom. The average molecular weight is 336 g/mol. The monoisotopic (exact) mass is 336 g/mol. The number of ether oxygens (including phenoxy) is 2. The lowest BCUT2D eigenvalue weighted by atomic mass is 9.62. The van der Waals surface area contributed by atoms with Crippen LogP contribution in [0, 0.1) is 11.8 Å². The predicted octanol–water partition coefficient (Wildman–Crippen LogP) is 2.40. The maximum absolute atomic E-state index is 12.6. The summed E-state index contributed by atoms with van der Waals surface area (Å²) in [4.78, 5) is 37.3. The summed E-state index contributed by atoms with van der Waals surface area (Å²) in [5.41, 5.74) is 2.50. The van der Waals surface area contributed by atoms with Crippen LogP contribution in [-0.4, -0.2) is 25.0 Å². The third kappa shape index (κ3) is 2.27. The highest BCUT2D eigenvalue weighted by Crippen LogP contribution is 2.52. The predicted molar refractivity (Wildman–Crippen MR) is 87.6 cm³/mol. The van der Waals surface area contributed by atoms with Crippen LogP contribution in [0.3, 0.4) is 0 Å². The third-order valence-corrected chi connectivity index (χ3v) is 5.13. The molecule has 0 radical (unpaired) electrons. The number of methoxy groups -OCH3 is 1. The van der Waals surface area contributed by atoms with Gasteiger partial charge >= 0.3 is 17.9 Å². The van der Waals surface area contributed by atoms with Gasteiger partial charge in [-0.05, 0) is 16.7 Å². The van der Waals surface area contributed by atoms with Crippen LogP contribution in [0.1, 0.15) is 28.5 Å². The molecule has 4 atom stereocenters. The molecule has 5 nitrogen and oxygen atoms in total. The van der Waals surface area contributed by atoms with Crippen molar-refractivity contribution in [1.29, 1.82) is 0 Å². The molecule has 0 bridgehead atoms. The normalized spacial score (nSPS) is 27.2. The van der Waals surface area contributed by atoms with Crippen LogP contribution in [-0.2, 0) is 23.9 Å². The second-order valence-electron chi connectivity index (χ2n) is 6.31. The zero-order valence-electron chi connectivity index (χ0n) is 13.5. The van der Waals surface area contributed by atoms with Crippen LogP contribution < -0.4 is 0 Å². The van der Waals surface area contributed by atoms with Crippen molar-refractivity contribution in [2.45, 2.75) is 11.8 Å². The second kappa shape index (κ2) is 5.84. The molecular formula is C20H16O5. The lowest BCUT2D eigenvalue weighted by Gasteiger charge is -2.37. The lowest BCUT2D eigenvalue weighted by Crippen LogP contribution is -2.40. The summed E-state index contributed by atoms with van der Waals surface area (Å²) in [6.45, 7) is 0. The number of esters is 3. The molecule has 0 aromatic heterocycles. The Bertz CT molecular complexity index is 857. The fourth-order valence-electron chi connectivity index (χ4n) is 4.13. The maximum atomic E-state index is 12.6. The topological polar surface area (TPSA) is 69.7 Å². The summed E-state index contributed by atoms with van der Waals surface area (Å²) in [6.07, 6.45) is 0. The minimum Gasteiger partial charge on any atom is -0.469 e. The number of carbonyl (C=O) groups is 3. The van der Waals surface area contributed by atoms with Crippen LogP contribution in [0.5, 0.6) is 0 Å². The molecule has 0 saturated carbocycles. The minimum atomic E-state index is -0.861. The van der Waals surface area contributed by atoms with Gasteiger partial charge in [0, 0.05) is 5.92 Å². The first-order valence-corrected chi connectivity index (χ1v) is 8.10. The molecule has 1 fully saturated rings. The van der Waals surface area contributed by atoms with Gasteiger partial charge in [0.2, 0.25) is 0 Å². The van der Waals surface area contributed by atoms with Crippen molar-refractivity contribution in [1.82, 2.24) is 0 Å². The Hall–Kier alpha value is -2.95. The SMILES string of the molecule is COC(=O)[C@H]1[C@@H](c2ccccc2)c2ccccc2[C@H]2C(=O)OC(=O)[C@@H]12. The van der Waals surface area contributed by atoms with Crippen LogP contribution in [0.15, 0.2) is 54.6 Å². The summed E-state index contributed by atoms with van der Waals surface area (Å²) >= 11 is 0. The molecule has 2 aliphatic rings. The van der Waals surface area contributed by atoms with Gasteiger partial charge in [0.15, 0.2) is 0 Å². The standard InChI is InChI=1S/C20H16O5/c1-24-18(21)16-14(11-7-3-2-4-8-11)12-9-5-6-10-13(12)15-17(16)20(23)25-19(15)22/h2-10,14-17H,1H3/t14-,15+,16-,17+/m0/s1. The fourth-order valence-corrected chi connectivity index (χ4v) is 4.13. The minimum absolute atomic E-state index is 0.371. The molecule has 1 aliphatic heterocycles. The van der Waals surface area contributed by atoms with E-state index in [4.69, 9.17) is 9.47 Å². The molecule has 2 aromatic rings. The maximum Gasteiger partial charge on any atom is 0.321 e.